The minimum Gasteiger partial charge on any atom is -0.483 e. The van der Waals surface area contributed by atoms with Gasteiger partial charge in [0.1, 0.15) is 5.75 Å². The molecule has 0 bridgehead atoms. The molecule has 0 atom stereocenters. The molecule has 120 valence electrons. The highest BCUT2D eigenvalue weighted by molar-refractivity contribution is 9.11. The van der Waals surface area contributed by atoms with Crippen molar-refractivity contribution < 1.29 is 14.3 Å². The standard InChI is InChI=1S/C17H15Br2NO3/c1-10-7-13(18)17(14(19)8-10)20-16(22)9-23-15-6-4-3-5-12(15)11(2)21/h3-8H,9H2,1-2H3,(H,20,22). The van der Waals surface area contributed by atoms with E-state index >= 15 is 0 Å². The van der Waals surface area contributed by atoms with E-state index in [1.54, 1.807) is 24.3 Å². The Labute approximate surface area is 151 Å². The Hall–Kier alpha value is -1.66. The average Bonchev–Trinajstić information content (AvgIpc) is 2.49. The van der Waals surface area contributed by atoms with Crippen LogP contribution in [-0.2, 0) is 4.79 Å². The Bertz CT molecular complexity index is 736. The Morgan fingerprint density at radius 3 is 2.35 bits per heavy atom. The molecule has 0 saturated heterocycles. The Morgan fingerprint density at radius 2 is 1.74 bits per heavy atom. The zero-order valence-electron chi connectivity index (χ0n) is 12.7. The first-order valence-electron chi connectivity index (χ1n) is 6.86. The lowest BCUT2D eigenvalue weighted by Crippen LogP contribution is -2.21. The summed E-state index contributed by atoms with van der Waals surface area (Å²) in [6, 6.07) is 10.7. The maximum Gasteiger partial charge on any atom is 0.262 e. The van der Waals surface area contributed by atoms with Crippen molar-refractivity contribution in [2.45, 2.75) is 13.8 Å². The summed E-state index contributed by atoms with van der Waals surface area (Å²) >= 11 is 6.85. The Kier molecular flexibility index (Phi) is 5.96. The highest BCUT2D eigenvalue weighted by atomic mass is 79.9. The van der Waals surface area contributed by atoms with Gasteiger partial charge in [-0.2, -0.15) is 0 Å². The molecule has 2 aromatic rings. The summed E-state index contributed by atoms with van der Waals surface area (Å²) in [4.78, 5) is 23.6. The fraction of sp³-hybridized carbons (Fsp3) is 0.176. The van der Waals surface area contributed by atoms with Crippen LogP contribution in [0.3, 0.4) is 0 Å². The molecule has 0 heterocycles. The summed E-state index contributed by atoms with van der Waals surface area (Å²) < 4.78 is 7.03. The van der Waals surface area contributed by atoms with Crippen LogP contribution in [0.15, 0.2) is 45.3 Å². The number of ketones is 1. The van der Waals surface area contributed by atoms with Crippen LogP contribution in [0.25, 0.3) is 0 Å². The third-order valence-corrected chi connectivity index (χ3v) is 4.33. The molecule has 0 unspecified atom stereocenters. The predicted molar refractivity (Wildman–Crippen MR) is 97.2 cm³/mol. The molecule has 0 spiro atoms. The van der Waals surface area contributed by atoms with Crippen LogP contribution in [0.5, 0.6) is 5.75 Å². The van der Waals surface area contributed by atoms with Crippen LogP contribution >= 0.6 is 31.9 Å². The van der Waals surface area contributed by atoms with E-state index < -0.39 is 0 Å². The minimum absolute atomic E-state index is 0.106. The number of halogens is 2. The molecule has 0 aliphatic rings. The van der Waals surface area contributed by atoms with Crippen LogP contribution in [-0.4, -0.2) is 18.3 Å². The SMILES string of the molecule is CC(=O)c1ccccc1OCC(=O)Nc1c(Br)cc(C)cc1Br. The van der Waals surface area contributed by atoms with E-state index in [1.165, 1.54) is 6.92 Å². The van der Waals surface area contributed by atoms with Gasteiger partial charge >= 0.3 is 0 Å². The number of benzene rings is 2. The number of rotatable bonds is 5. The van der Waals surface area contributed by atoms with Gasteiger partial charge in [0.15, 0.2) is 12.4 Å². The van der Waals surface area contributed by atoms with Gasteiger partial charge in [-0.15, -0.1) is 0 Å². The molecule has 0 radical (unpaired) electrons. The largest absolute Gasteiger partial charge is 0.483 e. The summed E-state index contributed by atoms with van der Waals surface area (Å²) in [5, 5.41) is 2.78. The topological polar surface area (TPSA) is 55.4 Å². The number of aryl methyl sites for hydroxylation is 1. The first-order chi connectivity index (χ1) is 10.9. The number of anilines is 1. The fourth-order valence-corrected chi connectivity index (χ4v) is 3.64. The van der Waals surface area contributed by atoms with E-state index in [2.05, 4.69) is 37.2 Å². The second-order valence-corrected chi connectivity index (χ2v) is 6.70. The lowest BCUT2D eigenvalue weighted by Gasteiger charge is -2.12. The molecule has 0 fully saturated rings. The summed E-state index contributed by atoms with van der Waals surface area (Å²) in [7, 11) is 0. The van der Waals surface area contributed by atoms with Gasteiger partial charge < -0.3 is 10.1 Å². The molecule has 23 heavy (non-hydrogen) atoms. The van der Waals surface area contributed by atoms with Crippen molar-refractivity contribution >= 4 is 49.2 Å². The summed E-state index contributed by atoms with van der Waals surface area (Å²) in [5.41, 5.74) is 2.16. The van der Waals surface area contributed by atoms with Crippen molar-refractivity contribution in [3.63, 3.8) is 0 Å². The summed E-state index contributed by atoms with van der Waals surface area (Å²) in [6.45, 7) is 3.24. The summed E-state index contributed by atoms with van der Waals surface area (Å²) in [5.74, 6) is -0.0178. The van der Waals surface area contributed by atoms with Gasteiger partial charge in [-0.1, -0.05) is 12.1 Å². The van der Waals surface area contributed by atoms with E-state index in [1.807, 2.05) is 19.1 Å². The predicted octanol–water partition coefficient (Wildman–Crippen LogP) is 4.74. The molecule has 0 aliphatic carbocycles. The van der Waals surface area contributed by atoms with Crippen molar-refractivity contribution in [3.05, 3.63) is 56.5 Å². The van der Waals surface area contributed by atoms with E-state index in [9.17, 15) is 9.59 Å². The van der Waals surface area contributed by atoms with Gasteiger partial charge in [-0.05, 0) is 75.5 Å². The van der Waals surface area contributed by atoms with Crippen LogP contribution in [0.4, 0.5) is 5.69 Å². The van der Waals surface area contributed by atoms with Crippen molar-refractivity contribution in [2.75, 3.05) is 11.9 Å². The molecule has 0 aliphatic heterocycles. The number of amides is 1. The molecule has 2 aromatic carbocycles. The van der Waals surface area contributed by atoms with E-state index in [0.29, 0.717) is 17.0 Å². The molecule has 2 rings (SSSR count). The Morgan fingerprint density at radius 1 is 1.13 bits per heavy atom. The molecule has 6 heteroatoms. The number of hydrogen-bond acceptors (Lipinski definition) is 3. The number of carbonyl (C=O) groups is 2. The average molecular weight is 441 g/mol. The zero-order valence-corrected chi connectivity index (χ0v) is 15.8. The molecule has 0 saturated carbocycles. The fourth-order valence-electron chi connectivity index (χ4n) is 2.02. The second-order valence-electron chi connectivity index (χ2n) is 4.99. The number of para-hydroxylation sites is 1. The van der Waals surface area contributed by atoms with E-state index in [-0.39, 0.29) is 18.3 Å². The van der Waals surface area contributed by atoms with Crippen molar-refractivity contribution in [2.24, 2.45) is 0 Å². The third-order valence-electron chi connectivity index (χ3n) is 3.08. The molecular weight excluding hydrogens is 426 g/mol. The third kappa shape index (κ3) is 4.65. The molecule has 4 nitrogen and oxygen atoms in total. The van der Waals surface area contributed by atoms with Gasteiger partial charge in [-0.25, -0.2) is 0 Å². The van der Waals surface area contributed by atoms with Gasteiger partial charge in [-0.3, -0.25) is 9.59 Å². The molecule has 1 N–H and O–H groups in total. The lowest BCUT2D eigenvalue weighted by atomic mass is 10.1. The number of ether oxygens (including phenoxy) is 1. The molecule has 1 amide bonds. The van der Waals surface area contributed by atoms with Crippen LogP contribution < -0.4 is 10.1 Å². The molecule has 0 aromatic heterocycles. The lowest BCUT2D eigenvalue weighted by molar-refractivity contribution is -0.118. The van der Waals surface area contributed by atoms with Gasteiger partial charge in [0.2, 0.25) is 0 Å². The van der Waals surface area contributed by atoms with Gasteiger partial charge in [0.05, 0.1) is 11.3 Å². The van der Waals surface area contributed by atoms with Crippen molar-refractivity contribution in [1.29, 1.82) is 0 Å². The zero-order chi connectivity index (χ0) is 17.0. The number of carbonyl (C=O) groups excluding carboxylic acids is 2. The smallest absolute Gasteiger partial charge is 0.262 e. The van der Waals surface area contributed by atoms with Crippen LogP contribution in [0, 0.1) is 6.92 Å². The van der Waals surface area contributed by atoms with Crippen LogP contribution in [0.2, 0.25) is 0 Å². The van der Waals surface area contributed by atoms with Crippen molar-refractivity contribution in [1.82, 2.24) is 0 Å². The van der Waals surface area contributed by atoms with Gasteiger partial charge in [0.25, 0.3) is 5.91 Å². The number of hydrogen-bond donors (Lipinski definition) is 1. The Balaban J connectivity index is 2.06. The second kappa shape index (κ2) is 7.75. The maximum absolute atomic E-state index is 12.1. The number of Topliss-reactive ketones (excluding diaryl/α,β-unsaturated/α-hetero) is 1. The first kappa shape index (κ1) is 17.7. The van der Waals surface area contributed by atoms with Crippen LogP contribution in [0.1, 0.15) is 22.8 Å². The molecular formula is C17H15Br2NO3. The highest BCUT2D eigenvalue weighted by Gasteiger charge is 2.13. The minimum atomic E-state index is -0.311. The quantitative estimate of drug-likeness (QED) is 0.683. The van der Waals surface area contributed by atoms with Gasteiger partial charge in [0, 0.05) is 8.95 Å². The highest BCUT2D eigenvalue weighted by Crippen LogP contribution is 2.32. The normalized spacial score (nSPS) is 10.3. The van der Waals surface area contributed by atoms with E-state index in [4.69, 9.17) is 4.74 Å². The summed E-state index contributed by atoms with van der Waals surface area (Å²) in [6.07, 6.45) is 0. The number of nitrogens with one attached hydrogen (secondary N) is 1. The first-order valence-corrected chi connectivity index (χ1v) is 8.45. The van der Waals surface area contributed by atoms with Crippen molar-refractivity contribution in [3.8, 4) is 5.75 Å². The van der Waals surface area contributed by atoms with E-state index in [0.717, 1.165) is 14.5 Å². The maximum atomic E-state index is 12.1. The monoisotopic (exact) mass is 439 g/mol.